The second kappa shape index (κ2) is 48.7. The van der Waals surface area contributed by atoms with E-state index in [0.29, 0.717) is 25.9 Å². The van der Waals surface area contributed by atoms with Crippen molar-refractivity contribution < 1.29 is 24.5 Å². The van der Waals surface area contributed by atoms with Crippen molar-refractivity contribution >= 4 is 11.9 Å². The van der Waals surface area contributed by atoms with Crippen molar-refractivity contribution in [2.24, 2.45) is 0 Å². The summed E-state index contributed by atoms with van der Waals surface area (Å²) >= 11 is 0. The molecule has 0 saturated carbocycles. The zero-order valence-electron chi connectivity index (χ0n) is 39.2. The summed E-state index contributed by atoms with van der Waals surface area (Å²) in [5.74, 6) is -0.0893. The minimum absolute atomic E-state index is 0.0423. The summed E-state index contributed by atoms with van der Waals surface area (Å²) in [6.07, 6.45) is 58.5. The second-order valence-corrected chi connectivity index (χ2v) is 17.5. The standard InChI is InChI=1S/C53H99NO5/c1-3-5-7-9-11-13-26-31-35-39-43-47-53(58)59-48-44-40-36-32-28-25-23-21-19-17-15-16-18-20-22-24-27-30-34-38-42-46-52(57)54-50(49-55)51(56)45-41-37-33-29-14-12-10-8-6-4-2/h9,11,25,28,36,40,50-51,55-56H,3-8,10,12-24,26-27,29-35,37-39,41-49H2,1-2H3,(H,54,57)/b11-9-,28-25-,40-36-. The topological polar surface area (TPSA) is 95.9 Å². The van der Waals surface area contributed by atoms with E-state index in [1.54, 1.807) is 0 Å². The molecular weight excluding hydrogens is 731 g/mol. The van der Waals surface area contributed by atoms with Gasteiger partial charge in [-0.05, 0) is 64.2 Å². The van der Waals surface area contributed by atoms with Crippen LogP contribution in [-0.4, -0.2) is 47.4 Å². The molecule has 0 spiro atoms. The van der Waals surface area contributed by atoms with Crippen LogP contribution in [0, 0.1) is 0 Å². The lowest BCUT2D eigenvalue weighted by molar-refractivity contribution is -0.143. The fraction of sp³-hybridized carbons (Fsp3) is 0.849. The zero-order chi connectivity index (χ0) is 43.0. The number of aliphatic hydroxyl groups is 2. The van der Waals surface area contributed by atoms with Gasteiger partial charge in [-0.2, -0.15) is 0 Å². The molecule has 0 aromatic rings. The van der Waals surface area contributed by atoms with Crippen molar-refractivity contribution in [3.8, 4) is 0 Å². The Morgan fingerprint density at radius 2 is 0.864 bits per heavy atom. The van der Waals surface area contributed by atoms with Gasteiger partial charge in [-0.15, -0.1) is 0 Å². The summed E-state index contributed by atoms with van der Waals surface area (Å²) in [4.78, 5) is 24.3. The largest absolute Gasteiger partial charge is 0.465 e. The summed E-state index contributed by atoms with van der Waals surface area (Å²) in [7, 11) is 0. The van der Waals surface area contributed by atoms with E-state index in [-0.39, 0.29) is 18.5 Å². The van der Waals surface area contributed by atoms with Gasteiger partial charge in [-0.1, -0.05) is 224 Å². The molecule has 1 amide bonds. The number of rotatable bonds is 47. The molecule has 0 bridgehead atoms. The first-order valence-electron chi connectivity index (χ1n) is 25.7. The Kier molecular flexibility index (Phi) is 47.2. The highest BCUT2D eigenvalue weighted by atomic mass is 16.5. The summed E-state index contributed by atoms with van der Waals surface area (Å²) in [5.41, 5.74) is 0. The van der Waals surface area contributed by atoms with Crippen LogP contribution in [0.1, 0.15) is 264 Å². The van der Waals surface area contributed by atoms with Gasteiger partial charge >= 0.3 is 5.97 Å². The van der Waals surface area contributed by atoms with Gasteiger partial charge in [0, 0.05) is 12.8 Å². The monoisotopic (exact) mass is 830 g/mol. The Morgan fingerprint density at radius 1 is 0.475 bits per heavy atom. The first-order chi connectivity index (χ1) is 29.0. The highest BCUT2D eigenvalue weighted by Gasteiger charge is 2.20. The number of carbonyl (C=O) groups is 2. The van der Waals surface area contributed by atoms with Crippen LogP contribution in [0.4, 0.5) is 0 Å². The summed E-state index contributed by atoms with van der Waals surface area (Å²) in [6, 6.07) is -0.543. The fourth-order valence-corrected chi connectivity index (χ4v) is 7.69. The SMILES string of the molecule is CCCC/C=C\CCCCCCCC(=O)OCC/C=C\C/C=C\CCCCCCCCCCCCCCCCC(=O)NC(CO)C(O)CCCCCCCCCCCC. The summed E-state index contributed by atoms with van der Waals surface area (Å²) < 4.78 is 5.38. The molecule has 6 nitrogen and oxygen atoms in total. The van der Waals surface area contributed by atoms with E-state index in [2.05, 4.69) is 55.6 Å². The van der Waals surface area contributed by atoms with Gasteiger partial charge in [0.15, 0.2) is 0 Å². The van der Waals surface area contributed by atoms with Gasteiger partial charge in [-0.25, -0.2) is 0 Å². The molecule has 2 unspecified atom stereocenters. The van der Waals surface area contributed by atoms with Gasteiger partial charge < -0.3 is 20.3 Å². The van der Waals surface area contributed by atoms with Crippen molar-refractivity contribution in [1.29, 1.82) is 0 Å². The predicted octanol–water partition coefficient (Wildman–Crippen LogP) is 15.3. The average molecular weight is 830 g/mol. The highest BCUT2D eigenvalue weighted by Crippen LogP contribution is 2.16. The molecule has 59 heavy (non-hydrogen) atoms. The van der Waals surface area contributed by atoms with Crippen LogP contribution in [0.15, 0.2) is 36.5 Å². The molecule has 0 aromatic carbocycles. The minimum atomic E-state index is -0.666. The van der Waals surface area contributed by atoms with E-state index in [9.17, 15) is 19.8 Å². The van der Waals surface area contributed by atoms with Gasteiger partial charge in [0.05, 0.1) is 25.4 Å². The van der Waals surface area contributed by atoms with Crippen molar-refractivity contribution in [3.05, 3.63) is 36.5 Å². The Balaban J connectivity index is 3.45. The van der Waals surface area contributed by atoms with Crippen LogP contribution in [0.3, 0.4) is 0 Å². The molecule has 0 aromatic heterocycles. The molecule has 0 rings (SSSR count). The quantitative estimate of drug-likeness (QED) is 0.0323. The molecule has 0 fully saturated rings. The fourth-order valence-electron chi connectivity index (χ4n) is 7.69. The lowest BCUT2D eigenvalue weighted by Crippen LogP contribution is -2.45. The third-order valence-corrected chi connectivity index (χ3v) is 11.7. The van der Waals surface area contributed by atoms with E-state index >= 15 is 0 Å². The molecule has 0 aliphatic carbocycles. The molecule has 346 valence electrons. The molecule has 0 radical (unpaired) electrons. The van der Waals surface area contributed by atoms with Crippen molar-refractivity contribution in [3.63, 3.8) is 0 Å². The maximum atomic E-state index is 12.4. The molecule has 0 aliphatic rings. The normalized spacial score (nSPS) is 12.9. The van der Waals surface area contributed by atoms with Crippen LogP contribution >= 0.6 is 0 Å². The first kappa shape index (κ1) is 57.1. The Hall–Kier alpha value is -1.92. The maximum absolute atomic E-state index is 12.4. The number of nitrogens with one attached hydrogen (secondary N) is 1. The van der Waals surface area contributed by atoms with Crippen LogP contribution in [0.5, 0.6) is 0 Å². The third kappa shape index (κ3) is 45.4. The van der Waals surface area contributed by atoms with E-state index < -0.39 is 12.1 Å². The Bertz CT molecular complexity index is 962. The van der Waals surface area contributed by atoms with E-state index in [4.69, 9.17) is 4.74 Å². The predicted molar refractivity (Wildman–Crippen MR) is 255 cm³/mol. The van der Waals surface area contributed by atoms with E-state index in [1.165, 1.54) is 180 Å². The van der Waals surface area contributed by atoms with Crippen LogP contribution < -0.4 is 5.32 Å². The summed E-state index contributed by atoms with van der Waals surface area (Å²) in [6.45, 7) is 4.78. The van der Waals surface area contributed by atoms with Gasteiger partial charge in [0.1, 0.15) is 0 Å². The van der Waals surface area contributed by atoms with Crippen LogP contribution in [-0.2, 0) is 14.3 Å². The van der Waals surface area contributed by atoms with Crippen molar-refractivity contribution in [1.82, 2.24) is 5.32 Å². The zero-order valence-corrected chi connectivity index (χ0v) is 39.2. The smallest absolute Gasteiger partial charge is 0.305 e. The van der Waals surface area contributed by atoms with E-state index in [1.807, 2.05) is 0 Å². The molecule has 0 aliphatic heterocycles. The van der Waals surface area contributed by atoms with Gasteiger partial charge in [0.25, 0.3) is 0 Å². The van der Waals surface area contributed by atoms with Crippen molar-refractivity contribution in [2.75, 3.05) is 13.2 Å². The molecule has 2 atom stereocenters. The number of ether oxygens (including phenoxy) is 1. The Morgan fingerprint density at radius 3 is 1.36 bits per heavy atom. The number of unbranched alkanes of at least 4 members (excludes halogenated alkanes) is 30. The number of hydrogen-bond donors (Lipinski definition) is 3. The minimum Gasteiger partial charge on any atom is -0.465 e. The molecular formula is C53H99NO5. The Labute approximate surface area is 366 Å². The van der Waals surface area contributed by atoms with Crippen molar-refractivity contribution in [2.45, 2.75) is 276 Å². The number of esters is 1. The van der Waals surface area contributed by atoms with Crippen LogP contribution in [0.25, 0.3) is 0 Å². The van der Waals surface area contributed by atoms with Gasteiger partial charge in [0.2, 0.25) is 5.91 Å². The van der Waals surface area contributed by atoms with Gasteiger partial charge in [-0.3, -0.25) is 9.59 Å². The first-order valence-corrected chi connectivity index (χ1v) is 25.7. The maximum Gasteiger partial charge on any atom is 0.305 e. The molecule has 0 saturated heterocycles. The highest BCUT2D eigenvalue weighted by molar-refractivity contribution is 5.76. The van der Waals surface area contributed by atoms with Crippen LogP contribution in [0.2, 0.25) is 0 Å². The number of allylic oxidation sites excluding steroid dienone is 5. The summed E-state index contributed by atoms with van der Waals surface area (Å²) in [5, 5.41) is 23.1. The van der Waals surface area contributed by atoms with E-state index in [0.717, 1.165) is 51.4 Å². The number of hydrogen-bond acceptors (Lipinski definition) is 5. The number of carbonyl (C=O) groups excluding carboxylic acids is 2. The number of amides is 1. The average Bonchev–Trinajstić information content (AvgIpc) is 3.24. The third-order valence-electron chi connectivity index (χ3n) is 11.7. The lowest BCUT2D eigenvalue weighted by Gasteiger charge is -2.22. The molecule has 3 N–H and O–H groups in total. The second-order valence-electron chi connectivity index (χ2n) is 17.5. The lowest BCUT2D eigenvalue weighted by atomic mass is 10.0. The number of aliphatic hydroxyl groups excluding tert-OH is 2. The molecule has 0 heterocycles. The molecule has 6 heteroatoms.